The number of aromatic hydroxyl groups is 1. The van der Waals surface area contributed by atoms with Crippen LogP contribution >= 0.6 is 0 Å². The van der Waals surface area contributed by atoms with Crippen molar-refractivity contribution in [3.63, 3.8) is 0 Å². The molecule has 1 unspecified atom stereocenters. The van der Waals surface area contributed by atoms with Crippen molar-refractivity contribution in [3.05, 3.63) is 29.8 Å². The van der Waals surface area contributed by atoms with E-state index >= 15 is 0 Å². The average Bonchev–Trinajstić information content (AvgIpc) is 2.83. The first-order chi connectivity index (χ1) is 8.16. The zero-order valence-electron chi connectivity index (χ0n) is 10.8. The largest absolute Gasteiger partial charge is 0.508 e. The molecule has 2 atom stereocenters. The molecule has 0 amide bonds. The van der Waals surface area contributed by atoms with Gasteiger partial charge in [0.15, 0.2) is 0 Å². The maximum absolute atomic E-state index is 9.27. The van der Waals surface area contributed by atoms with Crippen molar-refractivity contribution < 1.29 is 5.11 Å². The van der Waals surface area contributed by atoms with E-state index in [9.17, 15) is 5.11 Å². The lowest BCUT2D eigenvalue weighted by atomic mass is 9.98. The molecule has 1 aliphatic carbocycles. The van der Waals surface area contributed by atoms with E-state index in [4.69, 9.17) is 0 Å². The molecule has 1 aromatic carbocycles. The predicted molar refractivity (Wildman–Crippen MR) is 71.1 cm³/mol. The lowest BCUT2D eigenvalue weighted by molar-refractivity contribution is 0.352. The summed E-state index contributed by atoms with van der Waals surface area (Å²) in [6, 6.07) is 8.44. The first-order valence-electron chi connectivity index (χ1n) is 6.72. The van der Waals surface area contributed by atoms with Crippen LogP contribution in [0.4, 0.5) is 0 Å². The van der Waals surface area contributed by atoms with E-state index in [2.05, 4.69) is 19.2 Å². The van der Waals surface area contributed by atoms with Crippen molar-refractivity contribution in [3.8, 4) is 5.75 Å². The van der Waals surface area contributed by atoms with Crippen LogP contribution in [-0.2, 0) is 0 Å². The molecule has 0 saturated heterocycles. The second-order valence-electron chi connectivity index (χ2n) is 5.31. The summed E-state index contributed by atoms with van der Waals surface area (Å²) in [4.78, 5) is 0. The molecular formula is C15H23NO. The van der Waals surface area contributed by atoms with Crippen LogP contribution in [0.15, 0.2) is 24.3 Å². The van der Waals surface area contributed by atoms with Crippen molar-refractivity contribution in [2.45, 2.75) is 51.6 Å². The Hall–Kier alpha value is -1.02. The van der Waals surface area contributed by atoms with Crippen molar-refractivity contribution in [1.29, 1.82) is 0 Å². The van der Waals surface area contributed by atoms with E-state index in [0.29, 0.717) is 17.8 Å². The smallest absolute Gasteiger partial charge is 0.115 e. The second kappa shape index (κ2) is 5.54. The molecule has 2 rings (SSSR count). The van der Waals surface area contributed by atoms with Crippen LogP contribution in [-0.4, -0.2) is 11.1 Å². The van der Waals surface area contributed by atoms with Gasteiger partial charge in [-0.1, -0.05) is 25.0 Å². The van der Waals surface area contributed by atoms with Crippen LogP contribution in [0, 0.1) is 5.92 Å². The summed E-state index contributed by atoms with van der Waals surface area (Å²) >= 11 is 0. The third-order valence-corrected chi connectivity index (χ3v) is 4.01. The maximum Gasteiger partial charge on any atom is 0.115 e. The van der Waals surface area contributed by atoms with Crippen LogP contribution in [0.1, 0.15) is 51.1 Å². The number of phenols is 1. The van der Waals surface area contributed by atoms with Gasteiger partial charge >= 0.3 is 0 Å². The fourth-order valence-corrected chi connectivity index (χ4v) is 2.85. The SMILES string of the molecule is CC(N[C@@H](C)C1CCCC1)c1ccc(O)cc1. The molecule has 1 aliphatic rings. The van der Waals surface area contributed by atoms with E-state index in [0.717, 1.165) is 5.92 Å². The molecule has 0 spiro atoms. The highest BCUT2D eigenvalue weighted by molar-refractivity contribution is 5.27. The normalized spacial score (nSPS) is 20.4. The molecule has 1 fully saturated rings. The number of phenolic OH excluding ortho intramolecular Hbond substituents is 1. The molecule has 1 aromatic rings. The minimum absolute atomic E-state index is 0.338. The third kappa shape index (κ3) is 3.22. The van der Waals surface area contributed by atoms with Crippen LogP contribution in [0.25, 0.3) is 0 Å². The van der Waals surface area contributed by atoms with Gasteiger partial charge in [-0.15, -0.1) is 0 Å². The molecular weight excluding hydrogens is 210 g/mol. The fourth-order valence-electron chi connectivity index (χ4n) is 2.85. The Morgan fingerprint density at radius 3 is 2.29 bits per heavy atom. The first kappa shape index (κ1) is 12.4. The Morgan fingerprint density at radius 2 is 1.71 bits per heavy atom. The van der Waals surface area contributed by atoms with E-state index in [1.165, 1.54) is 31.2 Å². The van der Waals surface area contributed by atoms with E-state index in [1.54, 1.807) is 12.1 Å². The Labute approximate surface area is 104 Å². The molecule has 17 heavy (non-hydrogen) atoms. The van der Waals surface area contributed by atoms with Gasteiger partial charge in [0, 0.05) is 12.1 Å². The number of hydrogen-bond acceptors (Lipinski definition) is 2. The molecule has 2 N–H and O–H groups in total. The number of rotatable bonds is 4. The lowest BCUT2D eigenvalue weighted by Gasteiger charge is -2.25. The van der Waals surface area contributed by atoms with Gasteiger partial charge in [-0.25, -0.2) is 0 Å². The molecule has 2 nitrogen and oxygen atoms in total. The monoisotopic (exact) mass is 233 g/mol. The summed E-state index contributed by atoms with van der Waals surface area (Å²) in [5.41, 5.74) is 1.24. The Bertz CT molecular complexity index is 340. The Morgan fingerprint density at radius 1 is 1.12 bits per heavy atom. The van der Waals surface area contributed by atoms with E-state index < -0.39 is 0 Å². The number of hydrogen-bond donors (Lipinski definition) is 2. The van der Waals surface area contributed by atoms with Crippen LogP contribution in [0.2, 0.25) is 0 Å². The third-order valence-electron chi connectivity index (χ3n) is 4.01. The molecule has 1 saturated carbocycles. The van der Waals surface area contributed by atoms with E-state index in [1.807, 2.05) is 12.1 Å². The van der Waals surface area contributed by atoms with Crippen LogP contribution in [0.5, 0.6) is 5.75 Å². The summed E-state index contributed by atoms with van der Waals surface area (Å²) in [6.07, 6.45) is 5.53. The quantitative estimate of drug-likeness (QED) is 0.832. The molecule has 0 radical (unpaired) electrons. The summed E-state index contributed by atoms with van der Waals surface area (Å²) < 4.78 is 0. The van der Waals surface area contributed by atoms with Crippen molar-refractivity contribution >= 4 is 0 Å². The van der Waals surface area contributed by atoms with Crippen molar-refractivity contribution in [1.82, 2.24) is 5.32 Å². The van der Waals surface area contributed by atoms with Gasteiger partial charge in [0.2, 0.25) is 0 Å². The van der Waals surface area contributed by atoms with Crippen LogP contribution < -0.4 is 5.32 Å². The van der Waals surface area contributed by atoms with Crippen molar-refractivity contribution in [2.24, 2.45) is 5.92 Å². The first-order valence-corrected chi connectivity index (χ1v) is 6.72. The van der Waals surface area contributed by atoms with Crippen LogP contribution in [0.3, 0.4) is 0 Å². The maximum atomic E-state index is 9.27. The summed E-state index contributed by atoms with van der Waals surface area (Å²) in [5.74, 6) is 1.18. The van der Waals surface area contributed by atoms with Gasteiger partial charge in [0.25, 0.3) is 0 Å². The Balaban J connectivity index is 1.91. The Kier molecular flexibility index (Phi) is 4.06. The standard InChI is InChI=1S/C15H23NO/c1-11(13-5-3-4-6-13)16-12(2)14-7-9-15(17)10-8-14/h7-13,16-17H,3-6H2,1-2H3/t11-,12?/m0/s1. The van der Waals surface area contributed by atoms with Gasteiger partial charge in [-0.2, -0.15) is 0 Å². The number of nitrogens with one attached hydrogen (secondary N) is 1. The fraction of sp³-hybridized carbons (Fsp3) is 0.600. The van der Waals surface area contributed by atoms with E-state index in [-0.39, 0.29) is 0 Å². The van der Waals surface area contributed by atoms with Gasteiger partial charge in [-0.05, 0) is 50.3 Å². The second-order valence-corrected chi connectivity index (χ2v) is 5.31. The molecule has 0 aromatic heterocycles. The predicted octanol–water partition coefficient (Wildman–Crippen LogP) is 3.62. The van der Waals surface area contributed by atoms with Crippen molar-refractivity contribution in [2.75, 3.05) is 0 Å². The number of benzene rings is 1. The zero-order chi connectivity index (χ0) is 12.3. The van der Waals surface area contributed by atoms with Gasteiger partial charge in [0.1, 0.15) is 5.75 Å². The average molecular weight is 233 g/mol. The lowest BCUT2D eigenvalue weighted by Crippen LogP contribution is -2.34. The summed E-state index contributed by atoms with van der Waals surface area (Å²) in [6.45, 7) is 4.49. The summed E-state index contributed by atoms with van der Waals surface area (Å²) in [7, 11) is 0. The highest BCUT2D eigenvalue weighted by atomic mass is 16.3. The minimum Gasteiger partial charge on any atom is -0.508 e. The van der Waals surface area contributed by atoms with Gasteiger partial charge < -0.3 is 10.4 Å². The highest BCUT2D eigenvalue weighted by Gasteiger charge is 2.22. The summed E-state index contributed by atoms with van der Waals surface area (Å²) in [5, 5.41) is 12.9. The minimum atomic E-state index is 0.338. The van der Waals surface area contributed by atoms with Gasteiger partial charge in [0.05, 0.1) is 0 Å². The molecule has 0 heterocycles. The molecule has 0 bridgehead atoms. The zero-order valence-corrected chi connectivity index (χ0v) is 10.8. The molecule has 2 heteroatoms. The highest BCUT2D eigenvalue weighted by Crippen LogP contribution is 2.29. The molecule has 94 valence electrons. The van der Waals surface area contributed by atoms with Gasteiger partial charge in [-0.3, -0.25) is 0 Å². The topological polar surface area (TPSA) is 32.3 Å². The molecule has 0 aliphatic heterocycles.